The van der Waals surface area contributed by atoms with Gasteiger partial charge in [-0.3, -0.25) is 4.79 Å². The van der Waals surface area contributed by atoms with E-state index >= 15 is 0 Å². The molecule has 0 unspecified atom stereocenters. The van der Waals surface area contributed by atoms with Crippen LogP contribution in [0, 0.1) is 0 Å². The highest BCUT2D eigenvalue weighted by molar-refractivity contribution is 6.30. The molecule has 0 aromatic heterocycles. The Bertz CT molecular complexity index is 1030. The molecule has 0 radical (unpaired) electrons. The number of carbonyl (C=O) groups is 2. The predicted molar refractivity (Wildman–Crippen MR) is 121 cm³/mol. The molecule has 3 atom stereocenters. The fourth-order valence-electron chi connectivity index (χ4n) is 3.49. The van der Waals surface area contributed by atoms with Crippen molar-refractivity contribution in [2.24, 2.45) is 0 Å². The molecule has 2 aromatic rings. The van der Waals surface area contributed by atoms with Crippen LogP contribution >= 0.6 is 11.6 Å². The van der Waals surface area contributed by atoms with Gasteiger partial charge in [-0.2, -0.15) is 0 Å². The topological polar surface area (TPSA) is 118 Å². The minimum atomic E-state index is -0.688. The molecule has 10 heteroatoms. The number of ether oxygens (including phenoxy) is 3. The van der Waals surface area contributed by atoms with Crippen LogP contribution in [-0.2, 0) is 16.1 Å². The van der Waals surface area contributed by atoms with Crippen molar-refractivity contribution < 1.29 is 28.9 Å². The van der Waals surface area contributed by atoms with E-state index in [1.165, 1.54) is 0 Å². The average molecular weight is 474 g/mol. The third-order valence-electron chi connectivity index (χ3n) is 5.18. The minimum Gasteiger partial charge on any atom is -0.454 e. The van der Waals surface area contributed by atoms with E-state index in [1.54, 1.807) is 42.5 Å². The second-order valence-electron chi connectivity index (χ2n) is 7.58. The number of urea groups is 1. The summed E-state index contributed by atoms with van der Waals surface area (Å²) in [6.07, 6.45) is 2.32. The van der Waals surface area contributed by atoms with E-state index < -0.39 is 24.3 Å². The van der Waals surface area contributed by atoms with Crippen LogP contribution in [0.2, 0.25) is 5.02 Å². The van der Waals surface area contributed by atoms with Gasteiger partial charge in [0.25, 0.3) is 0 Å². The molecule has 0 spiro atoms. The predicted octanol–water partition coefficient (Wildman–Crippen LogP) is 2.58. The zero-order valence-corrected chi connectivity index (χ0v) is 18.4. The number of hydrogen-bond acceptors (Lipinski definition) is 6. The van der Waals surface area contributed by atoms with Gasteiger partial charge in [-0.25, -0.2) is 4.79 Å². The number of aliphatic hydroxyl groups is 1. The van der Waals surface area contributed by atoms with Crippen molar-refractivity contribution in [2.75, 3.05) is 18.7 Å². The van der Waals surface area contributed by atoms with Crippen molar-refractivity contribution in [1.29, 1.82) is 0 Å². The van der Waals surface area contributed by atoms with Crippen LogP contribution in [0.1, 0.15) is 12.0 Å². The van der Waals surface area contributed by atoms with Gasteiger partial charge < -0.3 is 35.3 Å². The summed E-state index contributed by atoms with van der Waals surface area (Å²) < 4.78 is 16.4. The summed E-state index contributed by atoms with van der Waals surface area (Å²) in [5.41, 5.74) is 1.46. The van der Waals surface area contributed by atoms with Gasteiger partial charge in [-0.05, 0) is 29.8 Å². The summed E-state index contributed by atoms with van der Waals surface area (Å²) in [7, 11) is 0. The van der Waals surface area contributed by atoms with Crippen molar-refractivity contribution in [3.05, 3.63) is 65.2 Å². The van der Waals surface area contributed by atoms with Crippen molar-refractivity contribution in [2.45, 2.75) is 31.2 Å². The Balaban J connectivity index is 1.26. The van der Waals surface area contributed by atoms with Gasteiger partial charge in [0.2, 0.25) is 12.7 Å². The van der Waals surface area contributed by atoms with Gasteiger partial charge in [-0.1, -0.05) is 35.9 Å². The van der Waals surface area contributed by atoms with Gasteiger partial charge in [0.05, 0.1) is 25.2 Å². The van der Waals surface area contributed by atoms with Crippen molar-refractivity contribution in [3.63, 3.8) is 0 Å². The van der Waals surface area contributed by atoms with Crippen LogP contribution in [0.5, 0.6) is 11.5 Å². The molecule has 2 aliphatic heterocycles. The summed E-state index contributed by atoms with van der Waals surface area (Å²) in [4.78, 5) is 24.7. The van der Waals surface area contributed by atoms with Crippen molar-refractivity contribution in [3.8, 4) is 11.5 Å². The first-order valence-corrected chi connectivity index (χ1v) is 10.8. The Labute approximate surface area is 195 Å². The molecule has 2 aromatic carbocycles. The first-order valence-electron chi connectivity index (χ1n) is 10.4. The highest BCUT2D eigenvalue weighted by atomic mass is 35.5. The summed E-state index contributed by atoms with van der Waals surface area (Å²) >= 11 is 5.86. The molecule has 9 nitrogen and oxygen atoms in total. The summed E-state index contributed by atoms with van der Waals surface area (Å²) in [6.45, 7) is 0.204. The van der Waals surface area contributed by atoms with E-state index in [0.29, 0.717) is 28.8 Å². The molecule has 33 heavy (non-hydrogen) atoms. The van der Waals surface area contributed by atoms with Crippen LogP contribution in [0.4, 0.5) is 10.5 Å². The molecular weight excluding hydrogens is 450 g/mol. The zero-order valence-electron chi connectivity index (χ0n) is 17.6. The maximum atomic E-state index is 12.4. The fourth-order valence-corrected chi connectivity index (χ4v) is 3.61. The Morgan fingerprint density at radius 3 is 2.64 bits per heavy atom. The lowest BCUT2D eigenvalue weighted by molar-refractivity contribution is -0.125. The van der Waals surface area contributed by atoms with E-state index in [1.807, 2.05) is 12.1 Å². The number of amides is 3. The fraction of sp³-hybridized carbons (Fsp3) is 0.304. The Kier molecular flexibility index (Phi) is 7.33. The SMILES string of the molecule is O=C(C[C@@H]1C=C[C@@H](NC(=O)Nc2ccc3c(c2)OCO3)[C@@H](CO)O1)NCc1ccc(Cl)cc1. The van der Waals surface area contributed by atoms with E-state index in [4.69, 9.17) is 25.8 Å². The number of rotatable bonds is 7. The third-order valence-corrected chi connectivity index (χ3v) is 5.43. The second kappa shape index (κ2) is 10.6. The lowest BCUT2D eigenvalue weighted by Gasteiger charge is -2.31. The van der Waals surface area contributed by atoms with Gasteiger partial charge >= 0.3 is 6.03 Å². The average Bonchev–Trinajstić information content (AvgIpc) is 3.27. The normalized spacial score (nSPS) is 20.8. The molecule has 0 fully saturated rings. The molecule has 4 rings (SSSR count). The standard InChI is InChI=1S/C23H24ClN3O6/c24-15-3-1-14(2-4-15)11-25-22(29)10-17-6-7-18(21(12-28)33-17)27-23(30)26-16-5-8-19-20(9-16)32-13-31-19/h1-9,17-18,21,28H,10-13H2,(H,25,29)(H2,26,27,30)/t17-,18+,21+/m0/s1. The molecule has 0 saturated carbocycles. The highest BCUT2D eigenvalue weighted by Gasteiger charge is 2.29. The summed E-state index contributed by atoms with van der Waals surface area (Å²) in [5.74, 6) is 0.982. The zero-order chi connectivity index (χ0) is 23.2. The molecule has 174 valence electrons. The number of halogens is 1. The van der Waals surface area contributed by atoms with E-state index in [2.05, 4.69) is 16.0 Å². The van der Waals surface area contributed by atoms with Crippen molar-refractivity contribution >= 4 is 29.2 Å². The van der Waals surface area contributed by atoms with E-state index in [9.17, 15) is 14.7 Å². The summed E-state index contributed by atoms with van der Waals surface area (Å²) in [5, 5.41) is 18.7. The van der Waals surface area contributed by atoms with Crippen LogP contribution in [0.15, 0.2) is 54.6 Å². The molecular formula is C23H24ClN3O6. The number of anilines is 1. The van der Waals surface area contributed by atoms with Crippen LogP contribution in [0.3, 0.4) is 0 Å². The second-order valence-corrected chi connectivity index (χ2v) is 8.02. The summed E-state index contributed by atoms with van der Waals surface area (Å²) in [6, 6.07) is 11.2. The van der Waals surface area contributed by atoms with Gasteiger partial charge in [-0.15, -0.1) is 0 Å². The number of benzene rings is 2. The van der Waals surface area contributed by atoms with Gasteiger partial charge in [0.1, 0.15) is 6.10 Å². The Morgan fingerprint density at radius 1 is 1.06 bits per heavy atom. The molecule has 4 N–H and O–H groups in total. The van der Waals surface area contributed by atoms with Crippen molar-refractivity contribution in [1.82, 2.24) is 10.6 Å². The monoisotopic (exact) mass is 473 g/mol. The van der Waals surface area contributed by atoms with Gasteiger partial charge in [0, 0.05) is 23.3 Å². The minimum absolute atomic E-state index is 0.0940. The van der Waals surface area contributed by atoms with E-state index in [0.717, 1.165) is 5.56 Å². The number of fused-ring (bicyclic) bond motifs is 1. The number of carbonyl (C=O) groups excluding carboxylic acids is 2. The lowest BCUT2D eigenvalue weighted by atomic mass is 10.0. The maximum Gasteiger partial charge on any atom is 0.319 e. The molecule has 2 heterocycles. The molecule has 0 aliphatic carbocycles. The van der Waals surface area contributed by atoms with E-state index in [-0.39, 0.29) is 25.7 Å². The van der Waals surface area contributed by atoms with Crippen LogP contribution < -0.4 is 25.4 Å². The number of aliphatic hydroxyl groups excluding tert-OH is 1. The molecule has 3 amide bonds. The highest BCUT2D eigenvalue weighted by Crippen LogP contribution is 2.34. The smallest absolute Gasteiger partial charge is 0.319 e. The van der Waals surface area contributed by atoms with Crippen LogP contribution in [-0.4, -0.2) is 48.7 Å². The largest absolute Gasteiger partial charge is 0.454 e. The number of hydrogen-bond donors (Lipinski definition) is 4. The number of nitrogens with one attached hydrogen (secondary N) is 3. The van der Waals surface area contributed by atoms with Crippen LogP contribution in [0.25, 0.3) is 0 Å². The third kappa shape index (κ3) is 6.16. The quantitative estimate of drug-likeness (QED) is 0.459. The molecule has 0 bridgehead atoms. The Hall–Kier alpha value is -3.27. The maximum absolute atomic E-state index is 12.4. The molecule has 2 aliphatic rings. The first-order chi connectivity index (χ1) is 16.0. The lowest BCUT2D eigenvalue weighted by Crippen LogP contribution is -2.50. The van der Waals surface area contributed by atoms with Gasteiger partial charge in [0.15, 0.2) is 11.5 Å². The first kappa shape index (κ1) is 22.9. The Morgan fingerprint density at radius 2 is 1.85 bits per heavy atom. The molecule has 0 saturated heterocycles.